The minimum absolute atomic E-state index is 0.00605. The summed E-state index contributed by atoms with van der Waals surface area (Å²) in [5, 5.41) is 10.1. The minimum atomic E-state index is 0.00605. The van der Waals surface area contributed by atoms with Crippen molar-refractivity contribution < 1.29 is 4.79 Å². The molecule has 0 saturated heterocycles. The number of amides is 1. The Bertz CT molecular complexity index is 600. The molecule has 2 aromatic heterocycles. The fourth-order valence-corrected chi connectivity index (χ4v) is 4.17. The van der Waals surface area contributed by atoms with E-state index in [1.54, 1.807) is 22.7 Å². The second-order valence-electron chi connectivity index (χ2n) is 5.72. The van der Waals surface area contributed by atoms with E-state index < -0.39 is 0 Å². The van der Waals surface area contributed by atoms with Crippen molar-refractivity contribution in [1.82, 2.24) is 10.3 Å². The predicted molar refractivity (Wildman–Crippen MR) is 82.1 cm³/mol. The molecule has 5 heteroatoms. The molecule has 0 unspecified atom stereocenters. The van der Waals surface area contributed by atoms with Gasteiger partial charge in [-0.1, -0.05) is 0 Å². The van der Waals surface area contributed by atoms with Crippen LogP contribution in [-0.4, -0.2) is 16.9 Å². The van der Waals surface area contributed by atoms with Gasteiger partial charge in [-0.05, 0) is 49.0 Å². The molecule has 2 aliphatic carbocycles. The van der Waals surface area contributed by atoms with E-state index >= 15 is 0 Å². The van der Waals surface area contributed by atoms with Crippen molar-refractivity contribution in [3.63, 3.8) is 0 Å². The molecular formula is C15H16N2OS2. The van der Waals surface area contributed by atoms with Gasteiger partial charge < -0.3 is 5.32 Å². The number of hydrogen-bond acceptors (Lipinski definition) is 4. The number of thiophene rings is 1. The van der Waals surface area contributed by atoms with E-state index in [0.717, 1.165) is 22.4 Å². The molecule has 0 aromatic carbocycles. The van der Waals surface area contributed by atoms with Gasteiger partial charge in [-0.25, -0.2) is 4.98 Å². The first kappa shape index (κ1) is 12.5. The number of aromatic nitrogens is 1. The van der Waals surface area contributed by atoms with Crippen LogP contribution in [0.25, 0.3) is 10.6 Å². The molecule has 2 aromatic rings. The molecule has 2 fully saturated rings. The Morgan fingerprint density at radius 3 is 2.60 bits per heavy atom. The van der Waals surface area contributed by atoms with Crippen molar-refractivity contribution in [2.45, 2.75) is 31.7 Å². The first-order chi connectivity index (χ1) is 9.81. The standard InChI is InChI=1S/C15H16N2OS2/c18-14(17-13(9-1-2-9)10-3-4-10)12-8-20-15(16-12)11-5-6-19-7-11/h5-10,13H,1-4H2,(H,17,18). The monoisotopic (exact) mass is 304 g/mol. The smallest absolute Gasteiger partial charge is 0.271 e. The quantitative estimate of drug-likeness (QED) is 0.913. The third kappa shape index (κ3) is 2.52. The average Bonchev–Trinajstić information content (AvgIpc) is 3.36. The van der Waals surface area contributed by atoms with Crippen LogP contribution in [0.3, 0.4) is 0 Å². The maximum Gasteiger partial charge on any atom is 0.271 e. The van der Waals surface area contributed by atoms with E-state index in [2.05, 4.69) is 15.7 Å². The highest BCUT2D eigenvalue weighted by molar-refractivity contribution is 7.14. The van der Waals surface area contributed by atoms with Gasteiger partial charge in [0, 0.05) is 22.4 Å². The average molecular weight is 304 g/mol. The van der Waals surface area contributed by atoms with E-state index in [1.165, 1.54) is 25.7 Å². The number of hydrogen-bond donors (Lipinski definition) is 1. The molecule has 20 heavy (non-hydrogen) atoms. The molecule has 104 valence electrons. The number of nitrogens with one attached hydrogen (secondary N) is 1. The van der Waals surface area contributed by atoms with Gasteiger partial charge in [-0.15, -0.1) is 11.3 Å². The maximum absolute atomic E-state index is 12.3. The molecule has 4 rings (SSSR count). The van der Waals surface area contributed by atoms with E-state index in [4.69, 9.17) is 0 Å². The van der Waals surface area contributed by atoms with Crippen molar-refractivity contribution in [3.05, 3.63) is 27.9 Å². The number of nitrogens with zero attached hydrogens (tertiary/aromatic N) is 1. The molecular weight excluding hydrogens is 288 g/mol. The lowest BCUT2D eigenvalue weighted by molar-refractivity contribution is 0.0922. The second-order valence-corrected chi connectivity index (χ2v) is 7.36. The topological polar surface area (TPSA) is 42.0 Å². The Hall–Kier alpha value is -1.20. The number of carbonyl (C=O) groups is 1. The van der Waals surface area contributed by atoms with Crippen LogP contribution < -0.4 is 5.32 Å². The highest BCUT2D eigenvalue weighted by atomic mass is 32.1. The van der Waals surface area contributed by atoms with Crippen molar-refractivity contribution in [2.24, 2.45) is 11.8 Å². The summed E-state index contributed by atoms with van der Waals surface area (Å²) in [6.07, 6.45) is 5.11. The number of rotatable bonds is 5. The van der Waals surface area contributed by atoms with Crippen LogP contribution >= 0.6 is 22.7 Å². The lowest BCUT2D eigenvalue weighted by atomic mass is 10.1. The summed E-state index contributed by atoms with van der Waals surface area (Å²) in [7, 11) is 0. The third-order valence-corrected chi connectivity index (χ3v) is 5.64. The van der Waals surface area contributed by atoms with Gasteiger partial charge >= 0.3 is 0 Å². The van der Waals surface area contributed by atoms with Gasteiger partial charge in [-0.2, -0.15) is 11.3 Å². The van der Waals surface area contributed by atoms with E-state index in [9.17, 15) is 4.79 Å². The van der Waals surface area contributed by atoms with Crippen molar-refractivity contribution in [3.8, 4) is 10.6 Å². The Kier molecular flexibility index (Phi) is 3.11. The van der Waals surface area contributed by atoms with Crippen LogP contribution in [0.2, 0.25) is 0 Å². The highest BCUT2D eigenvalue weighted by Gasteiger charge is 2.42. The summed E-state index contributed by atoms with van der Waals surface area (Å²) in [6.45, 7) is 0. The molecule has 0 atom stereocenters. The van der Waals surface area contributed by atoms with E-state index in [1.807, 2.05) is 16.8 Å². The number of carbonyl (C=O) groups excluding carboxylic acids is 1. The van der Waals surface area contributed by atoms with E-state index in [0.29, 0.717) is 11.7 Å². The SMILES string of the molecule is O=C(NC(C1CC1)C1CC1)c1csc(-c2ccsc2)n1. The van der Waals surface area contributed by atoms with Crippen LogP contribution in [0, 0.1) is 11.8 Å². The Labute approximate surface area is 126 Å². The van der Waals surface area contributed by atoms with Gasteiger partial charge in [0.1, 0.15) is 10.7 Å². The molecule has 2 heterocycles. The molecule has 3 nitrogen and oxygen atoms in total. The fraction of sp³-hybridized carbons (Fsp3) is 0.467. The molecule has 0 aliphatic heterocycles. The lowest BCUT2D eigenvalue weighted by Gasteiger charge is -2.16. The summed E-state index contributed by atoms with van der Waals surface area (Å²) in [5.74, 6) is 1.45. The van der Waals surface area contributed by atoms with Gasteiger partial charge in [0.05, 0.1) is 0 Å². The number of thiazole rings is 1. The molecule has 0 spiro atoms. The molecule has 2 saturated carbocycles. The van der Waals surface area contributed by atoms with Gasteiger partial charge in [0.25, 0.3) is 5.91 Å². The van der Waals surface area contributed by atoms with E-state index in [-0.39, 0.29) is 5.91 Å². The summed E-state index contributed by atoms with van der Waals surface area (Å²) in [6, 6.07) is 2.44. The van der Waals surface area contributed by atoms with Gasteiger partial charge in [0.2, 0.25) is 0 Å². The fourth-order valence-electron chi connectivity index (χ4n) is 2.65. The van der Waals surface area contributed by atoms with Crippen molar-refractivity contribution in [1.29, 1.82) is 0 Å². The summed E-state index contributed by atoms with van der Waals surface area (Å²) in [5.41, 5.74) is 1.68. The predicted octanol–water partition coefficient (Wildman–Crippen LogP) is 3.79. The van der Waals surface area contributed by atoms with Crippen LogP contribution in [0.15, 0.2) is 22.2 Å². The summed E-state index contributed by atoms with van der Waals surface area (Å²) in [4.78, 5) is 16.8. The zero-order valence-corrected chi connectivity index (χ0v) is 12.7. The Morgan fingerprint density at radius 2 is 2.00 bits per heavy atom. The van der Waals surface area contributed by atoms with Gasteiger partial charge in [0.15, 0.2) is 0 Å². The van der Waals surface area contributed by atoms with Crippen molar-refractivity contribution >= 4 is 28.6 Å². The van der Waals surface area contributed by atoms with Crippen LogP contribution in [0.4, 0.5) is 0 Å². The third-order valence-electron chi connectivity index (χ3n) is 4.06. The largest absolute Gasteiger partial charge is 0.347 e. The zero-order valence-electron chi connectivity index (χ0n) is 11.0. The first-order valence-electron chi connectivity index (χ1n) is 7.10. The molecule has 0 radical (unpaired) electrons. The highest BCUT2D eigenvalue weighted by Crippen LogP contribution is 2.44. The molecule has 1 N–H and O–H groups in total. The van der Waals surface area contributed by atoms with Gasteiger partial charge in [-0.3, -0.25) is 4.79 Å². The van der Waals surface area contributed by atoms with Crippen LogP contribution in [0.1, 0.15) is 36.2 Å². The second kappa shape index (κ2) is 4.97. The van der Waals surface area contributed by atoms with Crippen molar-refractivity contribution in [2.75, 3.05) is 0 Å². The summed E-state index contributed by atoms with van der Waals surface area (Å²) < 4.78 is 0. The zero-order chi connectivity index (χ0) is 13.5. The Balaban J connectivity index is 1.48. The molecule has 0 bridgehead atoms. The minimum Gasteiger partial charge on any atom is -0.347 e. The Morgan fingerprint density at radius 1 is 1.25 bits per heavy atom. The normalized spacial score (nSPS) is 18.4. The first-order valence-corrected chi connectivity index (χ1v) is 8.92. The van der Waals surface area contributed by atoms with Crippen LogP contribution in [0.5, 0.6) is 0 Å². The lowest BCUT2D eigenvalue weighted by Crippen LogP contribution is -2.38. The summed E-state index contributed by atoms with van der Waals surface area (Å²) >= 11 is 3.20. The molecule has 2 aliphatic rings. The van der Waals surface area contributed by atoms with Crippen LogP contribution in [-0.2, 0) is 0 Å². The maximum atomic E-state index is 12.3. The molecule has 1 amide bonds.